The van der Waals surface area contributed by atoms with Crippen LogP contribution in [0.25, 0.3) is 0 Å². The van der Waals surface area contributed by atoms with Gasteiger partial charge in [0, 0.05) is 30.7 Å². The molecule has 2 N–H and O–H groups in total. The third kappa shape index (κ3) is 5.38. The molecule has 0 radical (unpaired) electrons. The molecule has 0 saturated carbocycles. The normalized spacial score (nSPS) is 15.5. The van der Waals surface area contributed by atoms with Gasteiger partial charge in [-0.3, -0.25) is 14.4 Å². The maximum absolute atomic E-state index is 13.0. The van der Waals surface area contributed by atoms with E-state index < -0.39 is 11.7 Å². The quantitative estimate of drug-likeness (QED) is 0.729. The van der Waals surface area contributed by atoms with Gasteiger partial charge in [-0.25, -0.2) is 4.39 Å². The number of aromatic nitrogens is 2. The first-order valence-electron chi connectivity index (χ1n) is 9.87. The molecule has 0 bridgehead atoms. The van der Waals surface area contributed by atoms with Crippen LogP contribution in [0.15, 0.2) is 24.3 Å². The van der Waals surface area contributed by atoms with E-state index in [-0.39, 0.29) is 33.8 Å². The third-order valence-electron chi connectivity index (χ3n) is 5.06. The molecule has 1 aliphatic heterocycles. The summed E-state index contributed by atoms with van der Waals surface area (Å²) in [7, 11) is 0. The molecule has 30 heavy (non-hydrogen) atoms. The summed E-state index contributed by atoms with van der Waals surface area (Å²) in [6, 6.07) is 5.47. The topological polar surface area (TPSA) is 104 Å². The van der Waals surface area contributed by atoms with Crippen molar-refractivity contribution in [1.29, 1.82) is 0 Å². The standard InChI is InChI=1S/C20H24FN5O3S/c1-3-12(2)22-16(27)13-8-10-26(11-9-13)20(29)19-25-24-18(30-19)17(28)23-15-6-4-14(21)5-7-15/h4-7,12-13H,3,8-11H2,1-2H3,(H,22,27)(H,23,28). The fourth-order valence-corrected chi connectivity index (χ4v) is 3.77. The zero-order chi connectivity index (χ0) is 21.7. The van der Waals surface area contributed by atoms with Crippen LogP contribution in [0.2, 0.25) is 0 Å². The summed E-state index contributed by atoms with van der Waals surface area (Å²) in [4.78, 5) is 38.9. The summed E-state index contributed by atoms with van der Waals surface area (Å²) >= 11 is 0.905. The van der Waals surface area contributed by atoms with Gasteiger partial charge in [0.1, 0.15) is 5.82 Å². The molecule has 3 amide bonds. The Morgan fingerprint density at radius 3 is 2.43 bits per heavy atom. The molecule has 1 unspecified atom stereocenters. The summed E-state index contributed by atoms with van der Waals surface area (Å²) in [5, 5.41) is 13.4. The molecule has 1 atom stereocenters. The Morgan fingerprint density at radius 1 is 1.17 bits per heavy atom. The number of nitrogens with zero attached hydrogens (tertiary/aromatic N) is 3. The summed E-state index contributed by atoms with van der Waals surface area (Å²) in [6.45, 7) is 4.89. The Kier molecular flexibility index (Phi) is 7.09. The lowest BCUT2D eigenvalue weighted by Gasteiger charge is -2.31. The largest absolute Gasteiger partial charge is 0.353 e. The lowest BCUT2D eigenvalue weighted by molar-refractivity contribution is -0.126. The highest BCUT2D eigenvalue weighted by atomic mass is 32.1. The number of likely N-dealkylation sites (tertiary alicyclic amines) is 1. The van der Waals surface area contributed by atoms with Gasteiger partial charge in [0.15, 0.2) is 0 Å². The molecule has 0 aliphatic carbocycles. The number of nitrogens with one attached hydrogen (secondary N) is 2. The molecule has 0 spiro atoms. The van der Waals surface area contributed by atoms with E-state index in [2.05, 4.69) is 20.8 Å². The average Bonchev–Trinajstić information content (AvgIpc) is 3.25. The minimum atomic E-state index is -0.515. The number of hydrogen-bond acceptors (Lipinski definition) is 6. The van der Waals surface area contributed by atoms with Crippen LogP contribution in [-0.4, -0.2) is 52.0 Å². The summed E-state index contributed by atoms with van der Waals surface area (Å²) in [5.41, 5.74) is 0.419. The first kappa shape index (κ1) is 21.8. The van der Waals surface area contributed by atoms with Crippen molar-refractivity contribution in [3.05, 3.63) is 40.1 Å². The highest BCUT2D eigenvalue weighted by molar-refractivity contribution is 7.15. The van der Waals surface area contributed by atoms with Crippen molar-refractivity contribution >= 4 is 34.7 Å². The molecule has 8 nitrogen and oxygen atoms in total. The van der Waals surface area contributed by atoms with Crippen LogP contribution in [-0.2, 0) is 4.79 Å². The molecule has 1 aromatic carbocycles. The molecular formula is C20H24FN5O3S. The number of piperidine rings is 1. The number of halogens is 1. The van der Waals surface area contributed by atoms with Gasteiger partial charge in [-0.15, -0.1) is 10.2 Å². The monoisotopic (exact) mass is 433 g/mol. The third-order valence-corrected chi connectivity index (χ3v) is 5.97. The molecule has 1 aliphatic rings. The summed E-state index contributed by atoms with van der Waals surface area (Å²) in [5.74, 6) is -1.28. The number of hydrogen-bond donors (Lipinski definition) is 2. The highest BCUT2D eigenvalue weighted by Crippen LogP contribution is 2.21. The van der Waals surface area contributed by atoms with Gasteiger partial charge < -0.3 is 15.5 Å². The van der Waals surface area contributed by atoms with E-state index in [0.717, 1.165) is 17.8 Å². The predicted molar refractivity (Wildman–Crippen MR) is 111 cm³/mol. The lowest BCUT2D eigenvalue weighted by Crippen LogP contribution is -2.44. The van der Waals surface area contributed by atoms with Crippen molar-refractivity contribution in [2.75, 3.05) is 18.4 Å². The Balaban J connectivity index is 1.54. The fraction of sp³-hybridized carbons (Fsp3) is 0.450. The van der Waals surface area contributed by atoms with Crippen LogP contribution in [0.1, 0.15) is 52.7 Å². The van der Waals surface area contributed by atoms with Crippen LogP contribution in [0.5, 0.6) is 0 Å². The average molecular weight is 434 g/mol. The van der Waals surface area contributed by atoms with Crippen molar-refractivity contribution in [2.45, 2.75) is 39.2 Å². The Bertz CT molecular complexity index is 909. The molecule has 1 saturated heterocycles. The van der Waals surface area contributed by atoms with Crippen LogP contribution in [0.4, 0.5) is 10.1 Å². The van der Waals surface area contributed by atoms with Crippen molar-refractivity contribution in [2.24, 2.45) is 5.92 Å². The fourth-order valence-electron chi connectivity index (χ4n) is 3.06. The van der Waals surface area contributed by atoms with Crippen LogP contribution in [0.3, 0.4) is 0 Å². The molecular weight excluding hydrogens is 409 g/mol. The van der Waals surface area contributed by atoms with Crippen molar-refractivity contribution in [3.8, 4) is 0 Å². The Morgan fingerprint density at radius 2 is 1.80 bits per heavy atom. The van der Waals surface area contributed by atoms with E-state index in [1.807, 2.05) is 13.8 Å². The van der Waals surface area contributed by atoms with E-state index in [1.165, 1.54) is 24.3 Å². The van der Waals surface area contributed by atoms with E-state index in [9.17, 15) is 18.8 Å². The number of carbonyl (C=O) groups is 3. The number of benzene rings is 1. The predicted octanol–water partition coefficient (Wildman–Crippen LogP) is 2.70. The van der Waals surface area contributed by atoms with E-state index in [4.69, 9.17) is 0 Å². The summed E-state index contributed by atoms with van der Waals surface area (Å²) in [6.07, 6.45) is 2.05. The SMILES string of the molecule is CCC(C)NC(=O)C1CCN(C(=O)c2nnc(C(=O)Nc3ccc(F)cc3)s2)CC1. The molecule has 2 heterocycles. The van der Waals surface area contributed by atoms with Crippen LogP contribution >= 0.6 is 11.3 Å². The number of carbonyl (C=O) groups excluding carboxylic acids is 3. The molecule has 2 aromatic rings. The zero-order valence-corrected chi connectivity index (χ0v) is 17.7. The molecule has 1 fully saturated rings. The second kappa shape index (κ2) is 9.75. The second-order valence-electron chi connectivity index (χ2n) is 7.26. The van der Waals surface area contributed by atoms with E-state index in [1.54, 1.807) is 4.90 Å². The molecule has 160 valence electrons. The van der Waals surface area contributed by atoms with Gasteiger partial charge in [-0.05, 0) is 50.5 Å². The highest BCUT2D eigenvalue weighted by Gasteiger charge is 2.30. The first-order chi connectivity index (χ1) is 14.4. The number of rotatable bonds is 6. The van der Waals surface area contributed by atoms with E-state index in [0.29, 0.717) is 31.6 Å². The smallest absolute Gasteiger partial charge is 0.286 e. The maximum atomic E-state index is 13.0. The van der Waals surface area contributed by atoms with Gasteiger partial charge in [0.05, 0.1) is 0 Å². The van der Waals surface area contributed by atoms with E-state index >= 15 is 0 Å². The summed E-state index contributed by atoms with van der Waals surface area (Å²) < 4.78 is 13.0. The maximum Gasteiger partial charge on any atom is 0.286 e. The van der Waals surface area contributed by atoms with Crippen LogP contribution in [0, 0.1) is 11.7 Å². The van der Waals surface area contributed by atoms with Gasteiger partial charge in [-0.1, -0.05) is 18.3 Å². The van der Waals surface area contributed by atoms with Gasteiger partial charge in [0.25, 0.3) is 11.8 Å². The van der Waals surface area contributed by atoms with Crippen molar-refractivity contribution < 1.29 is 18.8 Å². The van der Waals surface area contributed by atoms with Gasteiger partial charge >= 0.3 is 0 Å². The lowest BCUT2D eigenvalue weighted by atomic mass is 9.95. The molecule has 10 heteroatoms. The minimum Gasteiger partial charge on any atom is -0.353 e. The molecule has 3 rings (SSSR count). The minimum absolute atomic E-state index is 0.0344. The van der Waals surface area contributed by atoms with Crippen LogP contribution < -0.4 is 10.6 Å². The van der Waals surface area contributed by atoms with Gasteiger partial charge in [0.2, 0.25) is 15.9 Å². The Labute approximate surface area is 177 Å². The second-order valence-corrected chi connectivity index (χ2v) is 8.24. The zero-order valence-electron chi connectivity index (χ0n) is 16.9. The van der Waals surface area contributed by atoms with Crippen molar-refractivity contribution in [1.82, 2.24) is 20.4 Å². The molecule has 1 aromatic heterocycles. The van der Waals surface area contributed by atoms with Gasteiger partial charge in [-0.2, -0.15) is 0 Å². The Hall–Kier alpha value is -2.88. The number of amides is 3. The number of anilines is 1. The van der Waals surface area contributed by atoms with Crippen molar-refractivity contribution in [3.63, 3.8) is 0 Å². The first-order valence-corrected chi connectivity index (χ1v) is 10.7.